The van der Waals surface area contributed by atoms with Gasteiger partial charge in [-0.15, -0.1) is 0 Å². The van der Waals surface area contributed by atoms with Gasteiger partial charge in [0, 0.05) is 5.54 Å². The van der Waals surface area contributed by atoms with Crippen molar-refractivity contribution in [2.75, 3.05) is 6.61 Å². The molecule has 4 fully saturated rings. The van der Waals surface area contributed by atoms with Crippen LogP contribution in [0, 0.1) is 17.3 Å². The first-order chi connectivity index (χ1) is 7.55. The van der Waals surface area contributed by atoms with Crippen molar-refractivity contribution in [1.82, 2.24) is 0 Å². The van der Waals surface area contributed by atoms with Crippen LogP contribution in [-0.4, -0.2) is 18.1 Å². The fraction of sp³-hybridized carbons (Fsp3) is 0.923. The molecule has 0 aromatic rings. The highest BCUT2D eigenvalue weighted by Gasteiger charge is 2.59. The third-order valence-corrected chi connectivity index (χ3v) is 4.81. The second-order valence-corrected chi connectivity index (χ2v) is 6.32. The third-order valence-electron chi connectivity index (χ3n) is 4.81. The highest BCUT2D eigenvalue weighted by molar-refractivity contribution is 5.77. The van der Waals surface area contributed by atoms with Gasteiger partial charge in [-0.2, -0.15) is 0 Å². The average molecular weight is 223 g/mol. The number of hydrogen-bond acceptors (Lipinski definition) is 3. The molecule has 4 aliphatic carbocycles. The molecule has 0 spiro atoms. The molecule has 4 aliphatic rings. The van der Waals surface area contributed by atoms with Crippen LogP contribution in [0.5, 0.6) is 0 Å². The summed E-state index contributed by atoms with van der Waals surface area (Å²) in [5.41, 5.74) is 6.16. The standard InChI is InChI=1S/C13H21NO2/c1-2-16-11(15)12-4-9-3-10(5-12)7-13(14,6-9)8-12/h9-10H,2-8,14H2,1H3. The van der Waals surface area contributed by atoms with Crippen molar-refractivity contribution >= 4 is 5.97 Å². The van der Waals surface area contributed by atoms with Crippen molar-refractivity contribution in [3.63, 3.8) is 0 Å². The third kappa shape index (κ3) is 1.41. The molecular formula is C13H21NO2. The fourth-order valence-corrected chi connectivity index (χ4v) is 4.86. The van der Waals surface area contributed by atoms with E-state index in [1.165, 1.54) is 6.42 Å². The molecule has 4 rings (SSSR count). The predicted octanol–water partition coefficient (Wildman–Crippen LogP) is 1.85. The van der Waals surface area contributed by atoms with Crippen molar-refractivity contribution in [3.8, 4) is 0 Å². The van der Waals surface area contributed by atoms with Gasteiger partial charge in [-0.1, -0.05) is 0 Å². The van der Waals surface area contributed by atoms with E-state index in [0.29, 0.717) is 18.4 Å². The molecule has 2 atom stereocenters. The van der Waals surface area contributed by atoms with E-state index in [-0.39, 0.29) is 16.9 Å². The number of esters is 1. The maximum atomic E-state index is 12.2. The minimum absolute atomic E-state index is 0.0268. The normalized spacial score (nSPS) is 49.4. The van der Waals surface area contributed by atoms with Gasteiger partial charge in [-0.3, -0.25) is 4.79 Å². The topological polar surface area (TPSA) is 52.3 Å². The number of carbonyl (C=O) groups excluding carboxylic acids is 1. The first-order valence-electron chi connectivity index (χ1n) is 6.51. The van der Waals surface area contributed by atoms with E-state index in [1.807, 2.05) is 6.92 Å². The Morgan fingerprint density at radius 2 is 1.94 bits per heavy atom. The number of nitrogens with two attached hydrogens (primary N) is 1. The minimum Gasteiger partial charge on any atom is -0.466 e. The van der Waals surface area contributed by atoms with E-state index in [2.05, 4.69) is 0 Å². The largest absolute Gasteiger partial charge is 0.466 e. The molecule has 0 amide bonds. The lowest BCUT2D eigenvalue weighted by Gasteiger charge is -2.59. The SMILES string of the molecule is CCOC(=O)C12CC3CC(CC(N)(C3)C1)C2. The lowest BCUT2D eigenvalue weighted by atomic mass is 9.47. The second-order valence-electron chi connectivity index (χ2n) is 6.32. The van der Waals surface area contributed by atoms with E-state index < -0.39 is 0 Å². The van der Waals surface area contributed by atoms with Crippen molar-refractivity contribution in [1.29, 1.82) is 0 Å². The summed E-state index contributed by atoms with van der Waals surface area (Å²) in [6.45, 7) is 2.38. The Labute approximate surface area is 96.7 Å². The Bertz CT molecular complexity index is 312. The van der Waals surface area contributed by atoms with E-state index >= 15 is 0 Å². The Balaban J connectivity index is 1.89. The Hall–Kier alpha value is -0.570. The van der Waals surface area contributed by atoms with Gasteiger partial charge in [0.1, 0.15) is 0 Å². The summed E-state index contributed by atoms with van der Waals surface area (Å²) in [4.78, 5) is 12.2. The number of rotatable bonds is 2. The lowest BCUT2D eigenvalue weighted by molar-refractivity contribution is -0.172. The molecule has 0 aromatic carbocycles. The Kier molecular flexibility index (Phi) is 2.13. The van der Waals surface area contributed by atoms with Gasteiger partial charge in [0.2, 0.25) is 0 Å². The molecular weight excluding hydrogens is 202 g/mol. The van der Waals surface area contributed by atoms with Gasteiger partial charge in [-0.05, 0) is 57.3 Å². The smallest absolute Gasteiger partial charge is 0.312 e. The summed E-state index contributed by atoms with van der Waals surface area (Å²) in [5.74, 6) is 1.38. The fourth-order valence-electron chi connectivity index (χ4n) is 4.86. The van der Waals surface area contributed by atoms with Crippen LogP contribution < -0.4 is 5.73 Å². The lowest BCUT2D eigenvalue weighted by Crippen LogP contribution is -2.62. The molecule has 16 heavy (non-hydrogen) atoms. The van der Waals surface area contributed by atoms with Crippen LogP contribution >= 0.6 is 0 Å². The maximum Gasteiger partial charge on any atom is 0.312 e. The summed E-state index contributed by atoms with van der Waals surface area (Å²) < 4.78 is 5.28. The predicted molar refractivity (Wildman–Crippen MR) is 60.7 cm³/mol. The minimum atomic E-state index is -0.213. The number of ether oxygens (including phenoxy) is 1. The van der Waals surface area contributed by atoms with Crippen LogP contribution in [-0.2, 0) is 9.53 Å². The highest BCUT2D eigenvalue weighted by Crippen LogP contribution is 2.61. The van der Waals surface area contributed by atoms with Gasteiger partial charge in [0.15, 0.2) is 0 Å². The van der Waals surface area contributed by atoms with Crippen LogP contribution in [0.3, 0.4) is 0 Å². The molecule has 3 nitrogen and oxygen atoms in total. The van der Waals surface area contributed by atoms with Gasteiger partial charge in [-0.25, -0.2) is 0 Å². The summed E-state index contributed by atoms with van der Waals surface area (Å²) >= 11 is 0. The van der Waals surface area contributed by atoms with Crippen LogP contribution in [0.4, 0.5) is 0 Å². The molecule has 0 aliphatic heterocycles. The van der Waals surface area contributed by atoms with Crippen molar-refractivity contribution in [2.24, 2.45) is 23.0 Å². The van der Waals surface area contributed by atoms with Crippen LogP contribution in [0.1, 0.15) is 45.4 Å². The molecule has 2 N–H and O–H groups in total. The molecule has 4 bridgehead atoms. The monoisotopic (exact) mass is 223 g/mol. The van der Waals surface area contributed by atoms with Gasteiger partial charge in [0.25, 0.3) is 0 Å². The highest BCUT2D eigenvalue weighted by atomic mass is 16.5. The Morgan fingerprint density at radius 1 is 1.31 bits per heavy atom. The molecule has 4 saturated carbocycles. The number of carbonyl (C=O) groups is 1. The van der Waals surface area contributed by atoms with Gasteiger partial charge < -0.3 is 10.5 Å². The second kappa shape index (κ2) is 3.22. The van der Waals surface area contributed by atoms with Crippen molar-refractivity contribution in [3.05, 3.63) is 0 Å². The van der Waals surface area contributed by atoms with Crippen LogP contribution in [0.25, 0.3) is 0 Å². The maximum absolute atomic E-state index is 12.2. The van der Waals surface area contributed by atoms with E-state index in [9.17, 15) is 4.79 Å². The molecule has 2 unspecified atom stereocenters. The first-order valence-corrected chi connectivity index (χ1v) is 6.51. The molecule has 0 heterocycles. The molecule has 0 saturated heterocycles. The average Bonchev–Trinajstić information content (AvgIpc) is 2.13. The van der Waals surface area contributed by atoms with Crippen LogP contribution in [0.2, 0.25) is 0 Å². The van der Waals surface area contributed by atoms with Crippen LogP contribution in [0.15, 0.2) is 0 Å². The summed E-state index contributed by atoms with van der Waals surface area (Å²) in [6.07, 6.45) is 6.48. The molecule has 0 aromatic heterocycles. The van der Waals surface area contributed by atoms with E-state index in [1.54, 1.807) is 0 Å². The van der Waals surface area contributed by atoms with Crippen molar-refractivity contribution < 1.29 is 9.53 Å². The first kappa shape index (κ1) is 10.6. The zero-order valence-electron chi connectivity index (χ0n) is 10.00. The zero-order chi connectivity index (χ0) is 11.4. The van der Waals surface area contributed by atoms with Crippen molar-refractivity contribution in [2.45, 2.75) is 51.0 Å². The van der Waals surface area contributed by atoms with E-state index in [0.717, 1.165) is 32.1 Å². The molecule has 3 heteroatoms. The zero-order valence-corrected chi connectivity index (χ0v) is 10.00. The molecule has 90 valence electrons. The summed E-state index contributed by atoms with van der Waals surface area (Å²) in [5, 5.41) is 0. The Morgan fingerprint density at radius 3 is 2.44 bits per heavy atom. The number of hydrogen-bond donors (Lipinski definition) is 1. The summed E-state index contributed by atoms with van der Waals surface area (Å²) in [6, 6.07) is 0. The van der Waals surface area contributed by atoms with E-state index in [4.69, 9.17) is 10.5 Å². The quantitative estimate of drug-likeness (QED) is 0.727. The summed E-state index contributed by atoms with van der Waals surface area (Å²) in [7, 11) is 0. The van der Waals surface area contributed by atoms with Gasteiger partial charge in [0.05, 0.1) is 12.0 Å². The van der Waals surface area contributed by atoms with Gasteiger partial charge >= 0.3 is 5.97 Å². The molecule has 0 radical (unpaired) electrons.